The molecule has 1 saturated heterocycles. The zero-order valence-corrected chi connectivity index (χ0v) is 15.3. The number of nitrogens with zero attached hydrogens (tertiary/aromatic N) is 1. The van der Waals surface area contributed by atoms with E-state index in [0.717, 1.165) is 32.7 Å². The lowest BCUT2D eigenvalue weighted by molar-refractivity contribution is -0.150. The van der Waals surface area contributed by atoms with Crippen molar-refractivity contribution in [3.8, 4) is 5.75 Å². The Morgan fingerprint density at radius 1 is 1.22 bits per heavy atom. The average molecular weight is 365 g/mol. The normalized spacial score (nSPS) is 15.7. The van der Waals surface area contributed by atoms with Crippen LogP contribution in [0.25, 0.3) is 0 Å². The van der Waals surface area contributed by atoms with E-state index in [1.165, 1.54) is 5.56 Å². The van der Waals surface area contributed by atoms with E-state index < -0.39 is 6.10 Å². The number of carbonyl (C=O) groups excluding carboxylic acids is 1. The third kappa shape index (κ3) is 7.40. The van der Waals surface area contributed by atoms with Crippen molar-refractivity contribution in [3.05, 3.63) is 29.8 Å². The summed E-state index contributed by atoms with van der Waals surface area (Å²) in [7, 11) is 0. The van der Waals surface area contributed by atoms with Gasteiger partial charge < -0.3 is 14.8 Å². The second-order valence-corrected chi connectivity index (χ2v) is 5.18. The van der Waals surface area contributed by atoms with Crippen LogP contribution in [0.2, 0.25) is 0 Å². The van der Waals surface area contributed by atoms with Crippen LogP contribution in [-0.4, -0.2) is 49.8 Å². The molecule has 1 N–H and O–H groups in total. The fourth-order valence-corrected chi connectivity index (χ4v) is 2.31. The standard InChI is InChI=1S/C16H24N2O3.2ClH/c1-3-20-16(19)13(2)21-15-6-4-14(5-7-15)12-18-10-8-17-9-11-18;;/h4-7,13,17H,3,8-12H2,1-2H3;2*1H. The molecule has 2 rings (SSSR count). The van der Waals surface area contributed by atoms with E-state index >= 15 is 0 Å². The Hall–Kier alpha value is -1.01. The summed E-state index contributed by atoms with van der Waals surface area (Å²) in [6, 6.07) is 7.92. The van der Waals surface area contributed by atoms with E-state index in [0.29, 0.717) is 12.4 Å². The van der Waals surface area contributed by atoms with E-state index in [1.807, 2.05) is 12.1 Å². The molecule has 7 heteroatoms. The second kappa shape index (κ2) is 11.5. The number of hydrogen-bond donors (Lipinski definition) is 1. The van der Waals surface area contributed by atoms with Crippen LogP contribution in [0.15, 0.2) is 24.3 Å². The van der Waals surface area contributed by atoms with Crippen molar-refractivity contribution in [1.82, 2.24) is 10.2 Å². The number of piperazine rings is 1. The Balaban J connectivity index is 0.00000242. The second-order valence-electron chi connectivity index (χ2n) is 5.18. The minimum atomic E-state index is -0.580. The summed E-state index contributed by atoms with van der Waals surface area (Å²) >= 11 is 0. The highest BCUT2D eigenvalue weighted by Gasteiger charge is 2.15. The molecule has 1 unspecified atom stereocenters. The number of nitrogens with one attached hydrogen (secondary N) is 1. The molecule has 5 nitrogen and oxygen atoms in total. The van der Waals surface area contributed by atoms with Crippen LogP contribution in [0.1, 0.15) is 19.4 Å². The van der Waals surface area contributed by atoms with Gasteiger partial charge in [-0.05, 0) is 31.5 Å². The highest BCUT2D eigenvalue weighted by molar-refractivity contribution is 5.85. The van der Waals surface area contributed by atoms with E-state index in [9.17, 15) is 4.79 Å². The van der Waals surface area contributed by atoms with Crippen molar-refractivity contribution >= 4 is 30.8 Å². The van der Waals surface area contributed by atoms with E-state index in [2.05, 4.69) is 22.3 Å². The zero-order valence-electron chi connectivity index (χ0n) is 13.6. The highest BCUT2D eigenvalue weighted by Crippen LogP contribution is 2.15. The smallest absolute Gasteiger partial charge is 0.347 e. The van der Waals surface area contributed by atoms with Crippen LogP contribution in [0.3, 0.4) is 0 Å². The molecule has 23 heavy (non-hydrogen) atoms. The van der Waals surface area contributed by atoms with E-state index in [4.69, 9.17) is 9.47 Å². The first-order valence-electron chi connectivity index (χ1n) is 7.54. The van der Waals surface area contributed by atoms with Crippen LogP contribution in [-0.2, 0) is 16.1 Å². The lowest BCUT2D eigenvalue weighted by Crippen LogP contribution is -2.42. The Morgan fingerprint density at radius 3 is 2.39 bits per heavy atom. The quantitative estimate of drug-likeness (QED) is 0.784. The maximum absolute atomic E-state index is 11.5. The molecule has 132 valence electrons. The van der Waals surface area contributed by atoms with Gasteiger partial charge in [0.2, 0.25) is 0 Å². The lowest BCUT2D eigenvalue weighted by Gasteiger charge is -2.27. The Bertz CT molecular complexity index is 451. The van der Waals surface area contributed by atoms with Crippen LogP contribution < -0.4 is 10.1 Å². The van der Waals surface area contributed by atoms with Gasteiger partial charge in [0.15, 0.2) is 6.10 Å². The molecule has 0 aliphatic carbocycles. The molecular weight excluding hydrogens is 339 g/mol. The third-order valence-electron chi connectivity index (χ3n) is 3.47. The average Bonchev–Trinajstić information content (AvgIpc) is 2.50. The minimum absolute atomic E-state index is 0. The first-order valence-corrected chi connectivity index (χ1v) is 7.54. The van der Waals surface area contributed by atoms with Gasteiger partial charge in [0.05, 0.1) is 6.61 Å². The van der Waals surface area contributed by atoms with Crippen LogP contribution in [0.5, 0.6) is 5.75 Å². The Morgan fingerprint density at radius 2 is 1.83 bits per heavy atom. The molecule has 0 aromatic heterocycles. The molecule has 0 amide bonds. The van der Waals surface area contributed by atoms with Crippen molar-refractivity contribution < 1.29 is 14.3 Å². The molecule has 0 radical (unpaired) electrons. The summed E-state index contributed by atoms with van der Waals surface area (Å²) < 4.78 is 10.5. The fraction of sp³-hybridized carbons (Fsp3) is 0.562. The number of hydrogen-bond acceptors (Lipinski definition) is 5. The summed E-state index contributed by atoms with van der Waals surface area (Å²) in [6.45, 7) is 9.08. The van der Waals surface area contributed by atoms with Gasteiger partial charge in [-0.3, -0.25) is 4.90 Å². The predicted molar refractivity (Wildman–Crippen MR) is 95.8 cm³/mol. The van der Waals surface area contributed by atoms with Gasteiger partial charge in [0, 0.05) is 32.7 Å². The van der Waals surface area contributed by atoms with E-state index in [1.54, 1.807) is 13.8 Å². The van der Waals surface area contributed by atoms with Crippen molar-refractivity contribution in [2.75, 3.05) is 32.8 Å². The number of halogens is 2. The molecule has 0 saturated carbocycles. The lowest BCUT2D eigenvalue weighted by atomic mass is 10.2. The van der Waals surface area contributed by atoms with Gasteiger partial charge in [-0.15, -0.1) is 24.8 Å². The molecule has 1 atom stereocenters. The van der Waals surface area contributed by atoms with Crippen LogP contribution in [0.4, 0.5) is 0 Å². The largest absolute Gasteiger partial charge is 0.479 e. The first kappa shape index (κ1) is 22.0. The third-order valence-corrected chi connectivity index (χ3v) is 3.47. The van der Waals surface area contributed by atoms with Gasteiger partial charge >= 0.3 is 5.97 Å². The summed E-state index contributed by atoms with van der Waals surface area (Å²) in [5, 5.41) is 3.35. The topological polar surface area (TPSA) is 50.8 Å². The van der Waals surface area contributed by atoms with Gasteiger partial charge in [-0.25, -0.2) is 4.79 Å². The number of rotatable bonds is 6. The summed E-state index contributed by atoms with van der Waals surface area (Å²) in [5.74, 6) is 0.363. The molecule has 1 aliphatic heterocycles. The first-order chi connectivity index (χ1) is 10.2. The van der Waals surface area contributed by atoms with Gasteiger partial charge in [0.1, 0.15) is 5.75 Å². The molecule has 1 aromatic carbocycles. The van der Waals surface area contributed by atoms with Gasteiger partial charge in [-0.2, -0.15) is 0 Å². The predicted octanol–water partition coefficient (Wildman–Crippen LogP) is 2.27. The summed E-state index contributed by atoms with van der Waals surface area (Å²) in [4.78, 5) is 13.9. The molecule has 1 aliphatic rings. The molecule has 1 heterocycles. The van der Waals surface area contributed by atoms with Crippen molar-refractivity contribution in [2.24, 2.45) is 0 Å². The van der Waals surface area contributed by atoms with Crippen LogP contribution >= 0.6 is 24.8 Å². The zero-order chi connectivity index (χ0) is 15.1. The Kier molecular flexibility index (Phi) is 11.0. The molecule has 1 aromatic rings. The molecule has 0 spiro atoms. The maximum atomic E-state index is 11.5. The maximum Gasteiger partial charge on any atom is 0.347 e. The number of carbonyl (C=O) groups is 1. The van der Waals surface area contributed by atoms with Crippen LogP contribution in [0, 0.1) is 0 Å². The van der Waals surface area contributed by atoms with E-state index in [-0.39, 0.29) is 30.8 Å². The number of benzene rings is 1. The van der Waals surface area contributed by atoms with Crippen molar-refractivity contribution in [3.63, 3.8) is 0 Å². The highest BCUT2D eigenvalue weighted by atomic mass is 35.5. The number of esters is 1. The SMILES string of the molecule is CCOC(=O)C(C)Oc1ccc(CN2CCNCC2)cc1.Cl.Cl. The summed E-state index contributed by atoms with van der Waals surface area (Å²) in [6.07, 6.45) is -0.580. The van der Waals surface area contributed by atoms with Crippen molar-refractivity contribution in [1.29, 1.82) is 0 Å². The van der Waals surface area contributed by atoms with Gasteiger partial charge in [-0.1, -0.05) is 12.1 Å². The van der Waals surface area contributed by atoms with Crippen molar-refractivity contribution in [2.45, 2.75) is 26.5 Å². The fourth-order valence-electron chi connectivity index (χ4n) is 2.31. The molecule has 1 fully saturated rings. The monoisotopic (exact) mass is 364 g/mol. The summed E-state index contributed by atoms with van der Waals surface area (Å²) in [5.41, 5.74) is 1.26. The Labute approximate surface area is 150 Å². The molecular formula is C16H26Cl2N2O3. The van der Waals surface area contributed by atoms with Gasteiger partial charge in [0.25, 0.3) is 0 Å². The molecule has 0 bridgehead atoms. The number of ether oxygens (including phenoxy) is 2. The minimum Gasteiger partial charge on any atom is -0.479 e.